The Hall–Kier alpha value is -1.14. The number of aliphatic hydroxyl groups is 2. The van der Waals surface area contributed by atoms with E-state index in [1.165, 1.54) is 26.2 Å². The number of hydrogen-bond acceptors (Lipinski definition) is 6. The van der Waals surface area contributed by atoms with Crippen molar-refractivity contribution in [3.63, 3.8) is 0 Å². The van der Waals surface area contributed by atoms with Crippen LogP contribution in [0.25, 0.3) is 0 Å². The molecule has 3 fully saturated rings. The maximum Gasteiger partial charge on any atom is 0.312 e. The molecule has 3 rings (SSSR count). The summed E-state index contributed by atoms with van der Waals surface area (Å²) < 4.78 is 10.3. The van der Waals surface area contributed by atoms with E-state index in [1.807, 2.05) is 0 Å². The Labute approximate surface area is 187 Å². The minimum Gasteiger partial charge on any atom is -0.463 e. The Bertz CT molecular complexity index is 700. The van der Waals surface area contributed by atoms with Gasteiger partial charge in [0.15, 0.2) is 0 Å². The molecule has 0 aliphatic heterocycles. The molecule has 3 aliphatic rings. The van der Waals surface area contributed by atoms with E-state index in [9.17, 15) is 19.8 Å². The van der Waals surface area contributed by atoms with Crippen molar-refractivity contribution in [3.05, 3.63) is 0 Å². The molecule has 0 bridgehead atoms. The molecule has 3 saturated carbocycles. The molecule has 0 aromatic rings. The summed E-state index contributed by atoms with van der Waals surface area (Å²) >= 11 is 0. The number of carbonyl (C=O) groups is 2. The van der Waals surface area contributed by atoms with Gasteiger partial charge in [-0.3, -0.25) is 9.59 Å². The van der Waals surface area contributed by atoms with Crippen molar-refractivity contribution in [2.75, 3.05) is 13.2 Å². The average Bonchev–Trinajstić information content (AvgIpc) is 2.62. The molecule has 0 amide bonds. The Balaban J connectivity index is 1.82. The Morgan fingerprint density at radius 2 is 1.52 bits per heavy atom. The molecule has 0 heterocycles. The van der Waals surface area contributed by atoms with Crippen molar-refractivity contribution in [2.24, 2.45) is 34.0 Å². The van der Waals surface area contributed by atoms with Crippen molar-refractivity contribution < 1.29 is 29.3 Å². The molecule has 0 spiro atoms. The zero-order valence-corrected chi connectivity index (χ0v) is 20.2. The van der Waals surface area contributed by atoms with E-state index in [4.69, 9.17) is 9.47 Å². The predicted octanol–water partition coefficient (Wildman–Crippen LogP) is 3.86. The van der Waals surface area contributed by atoms with E-state index in [0.717, 1.165) is 19.3 Å². The van der Waals surface area contributed by atoms with E-state index in [0.29, 0.717) is 23.7 Å². The first-order valence-corrected chi connectivity index (χ1v) is 11.9. The lowest BCUT2D eigenvalue weighted by atomic mass is 9.38. The topological polar surface area (TPSA) is 93.1 Å². The van der Waals surface area contributed by atoms with Crippen LogP contribution in [0.2, 0.25) is 0 Å². The number of ether oxygens (including phenoxy) is 2. The second-order valence-electron chi connectivity index (χ2n) is 11.9. The molecule has 6 nitrogen and oxygen atoms in total. The zero-order valence-electron chi connectivity index (χ0n) is 20.2. The monoisotopic (exact) mass is 438 g/mol. The Kier molecular flexibility index (Phi) is 6.58. The van der Waals surface area contributed by atoms with E-state index < -0.39 is 29.6 Å². The smallest absolute Gasteiger partial charge is 0.312 e. The molecule has 6 heteroatoms. The van der Waals surface area contributed by atoms with Crippen LogP contribution in [-0.4, -0.2) is 47.1 Å². The summed E-state index contributed by atoms with van der Waals surface area (Å²) in [6.07, 6.45) is 6.01. The average molecular weight is 439 g/mol. The number of hydrogen-bond donors (Lipinski definition) is 2. The summed E-state index contributed by atoms with van der Waals surface area (Å²) in [5, 5.41) is 21.3. The first-order valence-electron chi connectivity index (χ1n) is 11.9. The quantitative estimate of drug-likeness (QED) is 0.633. The first kappa shape index (κ1) is 24.5. The van der Waals surface area contributed by atoms with Crippen LogP contribution in [0.15, 0.2) is 0 Å². The van der Waals surface area contributed by atoms with Gasteiger partial charge in [-0.25, -0.2) is 0 Å². The maximum atomic E-state index is 13.3. The van der Waals surface area contributed by atoms with Crippen molar-refractivity contribution >= 4 is 11.9 Å². The second kappa shape index (κ2) is 8.33. The van der Waals surface area contributed by atoms with Crippen LogP contribution in [-0.2, 0) is 19.1 Å². The van der Waals surface area contributed by atoms with Gasteiger partial charge in [0.1, 0.15) is 19.3 Å². The van der Waals surface area contributed by atoms with E-state index in [2.05, 4.69) is 27.7 Å². The maximum absolute atomic E-state index is 13.3. The van der Waals surface area contributed by atoms with Gasteiger partial charge in [-0.15, -0.1) is 0 Å². The van der Waals surface area contributed by atoms with Gasteiger partial charge in [-0.05, 0) is 73.5 Å². The highest BCUT2D eigenvalue weighted by Crippen LogP contribution is 2.69. The summed E-state index contributed by atoms with van der Waals surface area (Å²) in [5.74, 6) is -0.603. The highest BCUT2D eigenvalue weighted by Gasteiger charge is 2.66. The SMILES string of the molecule is CC(=O)OC[C@H](O)COC(=O)[C@@H]1[C@@]2(C)CC[C@@H]3C(C)(C)CCC[C@@]3(C)[C@@H]2CC[C@]1(C)O. The van der Waals surface area contributed by atoms with E-state index in [1.54, 1.807) is 6.92 Å². The molecule has 0 aromatic heterocycles. The predicted molar refractivity (Wildman–Crippen MR) is 117 cm³/mol. The molecule has 178 valence electrons. The van der Waals surface area contributed by atoms with Crippen LogP contribution in [0.4, 0.5) is 0 Å². The van der Waals surface area contributed by atoms with Crippen molar-refractivity contribution in [1.82, 2.24) is 0 Å². The minimum atomic E-state index is -1.14. The normalized spacial score (nSPS) is 42.6. The fourth-order valence-corrected chi connectivity index (χ4v) is 8.03. The van der Waals surface area contributed by atoms with Gasteiger partial charge in [0.2, 0.25) is 0 Å². The highest BCUT2D eigenvalue weighted by molar-refractivity contribution is 5.75. The molecule has 2 N–H and O–H groups in total. The van der Waals surface area contributed by atoms with Gasteiger partial charge in [0.25, 0.3) is 0 Å². The summed E-state index contributed by atoms with van der Waals surface area (Å²) in [6.45, 7) is 12.0. The number of rotatable bonds is 5. The lowest BCUT2D eigenvalue weighted by molar-refractivity contribution is -0.221. The first-order chi connectivity index (χ1) is 14.2. The third-order valence-electron chi connectivity index (χ3n) is 9.19. The van der Waals surface area contributed by atoms with Crippen molar-refractivity contribution in [2.45, 2.75) is 98.2 Å². The number of aliphatic hydroxyl groups excluding tert-OH is 1. The largest absolute Gasteiger partial charge is 0.463 e. The Morgan fingerprint density at radius 3 is 2.16 bits per heavy atom. The summed E-state index contributed by atoms with van der Waals surface area (Å²) in [6, 6.07) is 0. The van der Waals surface area contributed by atoms with Crippen LogP contribution in [0.5, 0.6) is 0 Å². The standard InChI is InChI=1S/C25H42O6/c1-16(26)30-14-17(27)15-31-21(28)20-24(5)12-8-18-22(2,3)10-7-11-23(18,4)19(24)9-13-25(20,6)29/h17-20,27,29H,7-15H2,1-6H3/t17-,18+,19-,20+,23+,24-,25-/m0/s1. The van der Waals surface area contributed by atoms with E-state index in [-0.39, 0.29) is 24.0 Å². The second-order valence-corrected chi connectivity index (χ2v) is 11.9. The lowest BCUT2D eigenvalue weighted by Crippen LogP contribution is -2.64. The number of fused-ring (bicyclic) bond motifs is 3. The fourth-order valence-electron chi connectivity index (χ4n) is 8.03. The molecule has 0 unspecified atom stereocenters. The molecule has 31 heavy (non-hydrogen) atoms. The van der Waals surface area contributed by atoms with Gasteiger partial charge in [-0.1, -0.05) is 34.1 Å². The highest BCUT2D eigenvalue weighted by atomic mass is 16.6. The van der Waals surface area contributed by atoms with Gasteiger partial charge in [-0.2, -0.15) is 0 Å². The van der Waals surface area contributed by atoms with Gasteiger partial charge >= 0.3 is 11.9 Å². The van der Waals surface area contributed by atoms with Gasteiger partial charge in [0.05, 0.1) is 11.5 Å². The third kappa shape index (κ3) is 4.39. The van der Waals surface area contributed by atoms with Crippen molar-refractivity contribution in [3.8, 4) is 0 Å². The fraction of sp³-hybridized carbons (Fsp3) is 0.920. The van der Waals surface area contributed by atoms with E-state index >= 15 is 0 Å². The molecule has 0 aromatic carbocycles. The molecule has 7 atom stereocenters. The van der Waals surface area contributed by atoms with Crippen LogP contribution in [0, 0.1) is 34.0 Å². The summed E-state index contributed by atoms with van der Waals surface area (Å²) in [7, 11) is 0. The lowest BCUT2D eigenvalue weighted by Gasteiger charge is -2.66. The Morgan fingerprint density at radius 1 is 0.903 bits per heavy atom. The molecular weight excluding hydrogens is 396 g/mol. The minimum absolute atomic E-state index is 0.151. The molecular formula is C25H42O6. The van der Waals surface area contributed by atoms with Crippen LogP contribution < -0.4 is 0 Å². The number of carbonyl (C=O) groups excluding carboxylic acids is 2. The third-order valence-corrected chi connectivity index (χ3v) is 9.19. The molecule has 3 aliphatic carbocycles. The summed E-state index contributed by atoms with van der Waals surface area (Å²) in [4.78, 5) is 24.2. The van der Waals surface area contributed by atoms with Gasteiger partial charge in [0, 0.05) is 6.92 Å². The summed E-state index contributed by atoms with van der Waals surface area (Å²) in [5.41, 5.74) is -1.04. The van der Waals surface area contributed by atoms with Crippen LogP contribution in [0.3, 0.4) is 0 Å². The molecule has 0 saturated heterocycles. The van der Waals surface area contributed by atoms with Gasteiger partial charge < -0.3 is 19.7 Å². The molecule has 0 radical (unpaired) electrons. The van der Waals surface area contributed by atoms with Crippen LogP contribution >= 0.6 is 0 Å². The number of esters is 2. The van der Waals surface area contributed by atoms with Crippen LogP contribution in [0.1, 0.15) is 86.5 Å². The zero-order chi connectivity index (χ0) is 23.2. The van der Waals surface area contributed by atoms with Crippen molar-refractivity contribution in [1.29, 1.82) is 0 Å².